The Bertz CT molecular complexity index is 972. The molecule has 1 fully saturated rings. The Morgan fingerprint density at radius 1 is 1.10 bits per heavy atom. The number of nitrogens with one attached hydrogen (secondary N) is 1. The second kappa shape index (κ2) is 10.2. The number of sulfonamides is 1. The van der Waals surface area contributed by atoms with Gasteiger partial charge in [0.2, 0.25) is 15.9 Å². The Balaban J connectivity index is 1.44. The van der Waals surface area contributed by atoms with Crippen LogP contribution in [-0.4, -0.2) is 44.9 Å². The van der Waals surface area contributed by atoms with Crippen LogP contribution >= 0.6 is 0 Å². The van der Waals surface area contributed by atoms with E-state index in [4.69, 9.17) is 0 Å². The molecular formula is C22H26F2N2O4S. The minimum atomic E-state index is -3.55. The number of piperidine rings is 1. The second-order valence-corrected chi connectivity index (χ2v) is 9.49. The number of amides is 1. The molecule has 1 saturated heterocycles. The normalized spacial score (nSPS) is 15.7. The maximum Gasteiger partial charge on any atom is 0.387 e. The summed E-state index contributed by atoms with van der Waals surface area (Å²) in [5.74, 6) is -0.230. The quantitative estimate of drug-likeness (QED) is 0.667. The fourth-order valence-corrected chi connectivity index (χ4v) is 5.00. The molecule has 6 nitrogen and oxygen atoms in total. The van der Waals surface area contributed by atoms with Gasteiger partial charge in [-0.25, -0.2) is 8.42 Å². The fourth-order valence-electron chi connectivity index (χ4n) is 3.53. The minimum absolute atomic E-state index is 0.0926. The molecule has 2 aromatic rings. The van der Waals surface area contributed by atoms with Gasteiger partial charge in [0.15, 0.2) is 0 Å². The Labute approximate surface area is 181 Å². The van der Waals surface area contributed by atoms with Crippen LogP contribution in [0.2, 0.25) is 0 Å². The molecule has 1 aliphatic heterocycles. The van der Waals surface area contributed by atoms with E-state index in [1.165, 1.54) is 16.4 Å². The number of ether oxygens (including phenoxy) is 1. The van der Waals surface area contributed by atoms with E-state index in [1.807, 2.05) is 6.92 Å². The van der Waals surface area contributed by atoms with Crippen LogP contribution in [0.1, 0.15) is 24.0 Å². The molecule has 0 aromatic heterocycles. The predicted molar refractivity (Wildman–Crippen MR) is 112 cm³/mol. The SMILES string of the molecule is Cc1ccc(S(=O)(=O)N2CCC(C(=O)NCCc3ccc(OC(F)F)cc3)CC2)cc1. The van der Waals surface area contributed by atoms with Crippen molar-refractivity contribution in [3.8, 4) is 5.75 Å². The predicted octanol–water partition coefficient (Wildman–Crippen LogP) is 3.36. The van der Waals surface area contributed by atoms with Crippen LogP contribution in [0.4, 0.5) is 8.78 Å². The van der Waals surface area contributed by atoms with Gasteiger partial charge >= 0.3 is 6.61 Å². The van der Waals surface area contributed by atoms with E-state index >= 15 is 0 Å². The number of carbonyl (C=O) groups excluding carboxylic acids is 1. The van der Waals surface area contributed by atoms with Crippen LogP contribution in [0.5, 0.6) is 5.75 Å². The molecule has 1 amide bonds. The van der Waals surface area contributed by atoms with Crippen molar-refractivity contribution in [2.24, 2.45) is 5.92 Å². The number of aryl methyl sites for hydroxylation is 1. The first kappa shape index (κ1) is 23.1. The molecule has 0 unspecified atom stereocenters. The smallest absolute Gasteiger partial charge is 0.387 e. The zero-order valence-electron chi connectivity index (χ0n) is 17.3. The van der Waals surface area contributed by atoms with Crippen LogP contribution in [0, 0.1) is 12.8 Å². The first-order valence-corrected chi connectivity index (χ1v) is 11.6. The molecule has 168 valence electrons. The maximum atomic E-state index is 12.8. The summed E-state index contributed by atoms with van der Waals surface area (Å²) < 4.78 is 55.6. The largest absolute Gasteiger partial charge is 0.435 e. The van der Waals surface area contributed by atoms with Crippen LogP contribution in [0.3, 0.4) is 0 Å². The Morgan fingerprint density at radius 2 is 1.71 bits per heavy atom. The van der Waals surface area contributed by atoms with E-state index in [-0.39, 0.29) is 22.5 Å². The summed E-state index contributed by atoms with van der Waals surface area (Å²) in [5.41, 5.74) is 1.88. The van der Waals surface area contributed by atoms with E-state index in [9.17, 15) is 22.0 Å². The van der Waals surface area contributed by atoms with E-state index in [1.54, 1.807) is 36.4 Å². The molecule has 1 N–H and O–H groups in total. The summed E-state index contributed by atoms with van der Waals surface area (Å²) in [6.45, 7) is 0.0656. The van der Waals surface area contributed by atoms with Gasteiger partial charge in [0, 0.05) is 25.6 Å². The summed E-state index contributed by atoms with van der Waals surface area (Å²) >= 11 is 0. The molecule has 0 aliphatic carbocycles. The zero-order valence-corrected chi connectivity index (χ0v) is 18.1. The highest BCUT2D eigenvalue weighted by Crippen LogP contribution is 2.24. The summed E-state index contributed by atoms with van der Waals surface area (Å²) in [4.78, 5) is 12.7. The lowest BCUT2D eigenvalue weighted by Gasteiger charge is -2.30. The van der Waals surface area contributed by atoms with Gasteiger partial charge < -0.3 is 10.1 Å². The summed E-state index contributed by atoms with van der Waals surface area (Å²) in [7, 11) is -3.55. The third kappa shape index (κ3) is 6.24. The molecule has 1 aliphatic rings. The molecule has 3 rings (SSSR count). The van der Waals surface area contributed by atoms with Crippen molar-refractivity contribution in [1.82, 2.24) is 9.62 Å². The minimum Gasteiger partial charge on any atom is -0.435 e. The Morgan fingerprint density at radius 3 is 2.29 bits per heavy atom. The monoisotopic (exact) mass is 452 g/mol. The summed E-state index contributed by atoms with van der Waals surface area (Å²) in [6, 6.07) is 13.0. The number of nitrogens with zero attached hydrogens (tertiary/aromatic N) is 1. The second-order valence-electron chi connectivity index (χ2n) is 7.55. The number of benzene rings is 2. The molecule has 2 aromatic carbocycles. The highest BCUT2D eigenvalue weighted by Gasteiger charge is 2.31. The number of hydrogen-bond acceptors (Lipinski definition) is 4. The van der Waals surface area contributed by atoms with Gasteiger partial charge in [0.05, 0.1) is 4.90 Å². The first-order valence-electron chi connectivity index (χ1n) is 10.1. The lowest BCUT2D eigenvalue weighted by molar-refractivity contribution is -0.126. The standard InChI is InChI=1S/C22H26F2N2O4S/c1-16-2-8-20(9-3-16)31(28,29)26-14-11-18(12-15-26)21(27)25-13-10-17-4-6-19(7-5-17)30-22(23)24/h2-9,18,22H,10-15H2,1H3,(H,25,27). The van der Waals surface area contributed by atoms with E-state index in [2.05, 4.69) is 10.1 Å². The number of halogens is 2. The summed E-state index contributed by atoms with van der Waals surface area (Å²) in [5, 5.41) is 2.88. The van der Waals surface area contributed by atoms with Gasteiger partial charge in [-0.15, -0.1) is 0 Å². The Kier molecular flexibility index (Phi) is 7.61. The topological polar surface area (TPSA) is 75.7 Å². The number of hydrogen-bond donors (Lipinski definition) is 1. The van der Waals surface area contributed by atoms with Gasteiger partial charge in [-0.1, -0.05) is 29.8 Å². The highest BCUT2D eigenvalue weighted by atomic mass is 32.2. The molecule has 0 radical (unpaired) electrons. The molecule has 0 bridgehead atoms. The van der Waals surface area contributed by atoms with Crippen LogP contribution in [0.15, 0.2) is 53.4 Å². The average Bonchev–Trinajstić information content (AvgIpc) is 2.75. The third-order valence-corrected chi connectivity index (χ3v) is 7.26. The van der Waals surface area contributed by atoms with E-state index in [0.717, 1.165) is 11.1 Å². The van der Waals surface area contributed by atoms with E-state index in [0.29, 0.717) is 38.9 Å². The van der Waals surface area contributed by atoms with Crippen LogP contribution < -0.4 is 10.1 Å². The van der Waals surface area contributed by atoms with Crippen molar-refractivity contribution in [3.05, 3.63) is 59.7 Å². The van der Waals surface area contributed by atoms with Gasteiger partial charge in [-0.05, 0) is 56.0 Å². The molecule has 0 atom stereocenters. The van der Waals surface area contributed by atoms with Crippen molar-refractivity contribution in [1.29, 1.82) is 0 Å². The molecule has 1 heterocycles. The lowest BCUT2D eigenvalue weighted by atomic mass is 9.97. The van der Waals surface area contributed by atoms with Crippen LogP contribution in [0.25, 0.3) is 0 Å². The average molecular weight is 453 g/mol. The zero-order chi connectivity index (χ0) is 22.4. The Hall–Kier alpha value is -2.52. The number of rotatable bonds is 8. The molecule has 31 heavy (non-hydrogen) atoms. The van der Waals surface area contributed by atoms with Crippen molar-refractivity contribution in [2.75, 3.05) is 19.6 Å². The van der Waals surface area contributed by atoms with Crippen molar-refractivity contribution >= 4 is 15.9 Å². The van der Waals surface area contributed by atoms with Crippen molar-refractivity contribution in [3.63, 3.8) is 0 Å². The van der Waals surface area contributed by atoms with Crippen LogP contribution in [-0.2, 0) is 21.2 Å². The van der Waals surface area contributed by atoms with Gasteiger partial charge in [-0.2, -0.15) is 13.1 Å². The van der Waals surface area contributed by atoms with Gasteiger partial charge in [0.1, 0.15) is 5.75 Å². The van der Waals surface area contributed by atoms with Crippen molar-refractivity contribution < 1.29 is 26.7 Å². The summed E-state index contributed by atoms with van der Waals surface area (Å²) in [6.07, 6.45) is 1.49. The van der Waals surface area contributed by atoms with E-state index < -0.39 is 16.6 Å². The van der Waals surface area contributed by atoms with Gasteiger partial charge in [0.25, 0.3) is 0 Å². The molecule has 0 spiro atoms. The third-order valence-electron chi connectivity index (χ3n) is 5.34. The maximum absolute atomic E-state index is 12.8. The van der Waals surface area contributed by atoms with Crippen molar-refractivity contribution in [2.45, 2.75) is 37.7 Å². The number of alkyl halides is 2. The molecular weight excluding hydrogens is 426 g/mol. The lowest BCUT2D eigenvalue weighted by Crippen LogP contribution is -2.43. The first-order chi connectivity index (χ1) is 14.8. The molecule has 0 saturated carbocycles. The van der Waals surface area contributed by atoms with Gasteiger partial charge in [-0.3, -0.25) is 4.79 Å². The molecule has 9 heteroatoms. The fraction of sp³-hybridized carbons (Fsp3) is 0.409. The highest BCUT2D eigenvalue weighted by molar-refractivity contribution is 7.89. The number of carbonyl (C=O) groups is 1.